The van der Waals surface area contributed by atoms with Crippen molar-refractivity contribution in [2.75, 3.05) is 5.73 Å². The number of nitrogens with zero attached hydrogens (tertiary/aromatic N) is 4. The highest BCUT2D eigenvalue weighted by atomic mass is 15.3. The van der Waals surface area contributed by atoms with Gasteiger partial charge in [0, 0.05) is 24.2 Å². The molecule has 0 saturated carbocycles. The maximum Gasteiger partial charge on any atom is 0.252 e. The van der Waals surface area contributed by atoms with Crippen LogP contribution in [-0.4, -0.2) is 19.7 Å². The lowest BCUT2D eigenvalue weighted by atomic mass is 10.4. The molecule has 2 heterocycles. The first kappa shape index (κ1) is 7.72. The summed E-state index contributed by atoms with van der Waals surface area (Å²) in [6.45, 7) is 1.86. The molecule has 2 rings (SSSR count). The van der Waals surface area contributed by atoms with E-state index in [0.717, 1.165) is 5.56 Å². The Morgan fingerprint density at radius 3 is 2.92 bits per heavy atom. The van der Waals surface area contributed by atoms with Gasteiger partial charge in [-0.1, -0.05) is 0 Å². The number of hydrogen-bond donors (Lipinski definition) is 1. The van der Waals surface area contributed by atoms with Crippen LogP contribution < -0.4 is 5.73 Å². The highest BCUT2D eigenvalue weighted by molar-refractivity contribution is 5.38. The molecule has 0 amide bonds. The minimum Gasteiger partial charge on any atom is -0.383 e. The molecule has 0 unspecified atom stereocenters. The molecule has 0 radical (unpaired) electrons. The second-order valence-corrected chi connectivity index (χ2v) is 2.69. The lowest BCUT2D eigenvalue weighted by Crippen LogP contribution is -2.05. The van der Waals surface area contributed by atoms with Crippen molar-refractivity contribution in [2.24, 2.45) is 0 Å². The zero-order valence-corrected chi connectivity index (χ0v) is 7.18. The first-order chi connectivity index (χ1) is 6.27. The van der Waals surface area contributed by atoms with Crippen LogP contribution in [-0.2, 0) is 0 Å². The minimum absolute atomic E-state index is 0.487. The van der Waals surface area contributed by atoms with Gasteiger partial charge < -0.3 is 5.73 Å². The van der Waals surface area contributed by atoms with Gasteiger partial charge in [0.1, 0.15) is 5.82 Å². The van der Waals surface area contributed by atoms with Gasteiger partial charge in [-0.15, -0.1) is 0 Å². The summed E-state index contributed by atoms with van der Waals surface area (Å²) in [7, 11) is 0. The van der Waals surface area contributed by atoms with Gasteiger partial charge in [-0.3, -0.25) is 0 Å². The molecule has 2 aromatic heterocycles. The Morgan fingerprint density at radius 1 is 1.46 bits per heavy atom. The summed E-state index contributed by atoms with van der Waals surface area (Å²) >= 11 is 0. The first-order valence-corrected chi connectivity index (χ1v) is 3.86. The molecular formula is C8H9N5. The highest BCUT2D eigenvalue weighted by Crippen LogP contribution is 2.06. The van der Waals surface area contributed by atoms with Gasteiger partial charge in [0.15, 0.2) is 0 Å². The number of rotatable bonds is 1. The van der Waals surface area contributed by atoms with Crippen molar-refractivity contribution in [3.8, 4) is 5.95 Å². The third-order valence-electron chi connectivity index (χ3n) is 1.71. The second-order valence-electron chi connectivity index (χ2n) is 2.69. The number of nitrogens with two attached hydrogens (primary N) is 1. The van der Waals surface area contributed by atoms with Gasteiger partial charge in [0.2, 0.25) is 0 Å². The van der Waals surface area contributed by atoms with Crippen LogP contribution >= 0.6 is 0 Å². The Kier molecular flexibility index (Phi) is 1.70. The lowest BCUT2D eigenvalue weighted by Gasteiger charge is -2.01. The van der Waals surface area contributed by atoms with Gasteiger partial charge >= 0.3 is 0 Å². The second kappa shape index (κ2) is 2.85. The number of hydrogen-bond acceptors (Lipinski definition) is 4. The summed E-state index contributed by atoms with van der Waals surface area (Å²) < 4.78 is 1.57. The third kappa shape index (κ3) is 1.35. The fourth-order valence-corrected chi connectivity index (χ4v) is 0.943. The maximum atomic E-state index is 5.63. The fourth-order valence-electron chi connectivity index (χ4n) is 0.943. The molecule has 0 aliphatic carbocycles. The van der Waals surface area contributed by atoms with Crippen LogP contribution in [0, 0.1) is 6.92 Å². The summed E-state index contributed by atoms with van der Waals surface area (Å²) in [5.74, 6) is 0.980. The van der Waals surface area contributed by atoms with Gasteiger partial charge in [-0.2, -0.15) is 10.1 Å². The highest BCUT2D eigenvalue weighted by Gasteiger charge is 2.01. The Morgan fingerprint density at radius 2 is 2.31 bits per heavy atom. The topological polar surface area (TPSA) is 69.6 Å². The number of anilines is 1. The number of aryl methyl sites for hydroxylation is 1. The van der Waals surface area contributed by atoms with E-state index < -0.39 is 0 Å². The van der Waals surface area contributed by atoms with Crippen LogP contribution in [0.3, 0.4) is 0 Å². The largest absolute Gasteiger partial charge is 0.383 e. The van der Waals surface area contributed by atoms with E-state index in [1.54, 1.807) is 29.3 Å². The van der Waals surface area contributed by atoms with E-state index in [0.29, 0.717) is 11.8 Å². The predicted octanol–water partition coefficient (Wildman–Crippen LogP) is 0.553. The SMILES string of the molecule is Cc1cnc(-n2cccn2)nc1N. The van der Waals surface area contributed by atoms with Crippen molar-refractivity contribution >= 4 is 5.82 Å². The standard InChI is InChI=1S/C8H9N5/c1-6-5-10-8(12-7(6)9)13-4-2-3-11-13/h2-5H,1H3,(H2,9,10,12). The number of aromatic nitrogens is 4. The molecule has 5 heteroatoms. The molecular weight excluding hydrogens is 166 g/mol. The van der Waals surface area contributed by atoms with Gasteiger partial charge in [0.25, 0.3) is 5.95 Å². The van der Waals surface area contributed by atoms with E-state index in [-0.39, 0.29) is 0 Å². The van der Waals surface area contributed by atoms with Gasteiger partial charge in [-0.25, -0.2) is 9.67 Å². The predicted molar refractivity (Wildman–Crippen MR) is 48.3 cm³/mol. The Labute approximate surface area is 75.2 Å². The summed E-state index contributed by atoms with van der Waals surface area (Å²) in [6, 6.07) is 1.80. The molecule has 13 heavy (non-hydrogen) atoms. The summed E-state index contributed by atoms with van der Waals surface area (Å²) in [5, 5.41) is 3.99. The van der Waals surface area contributed by atoms with E-state index in [1.165, 1.54) is 0 Å². The third-order valence-corrected chi connectivity index (χ3v) is 1.71. The van der Waals surface area contributed by atoms with Crippen LogP contribution in [0.1, 0.15) is 5.56 Å². The minimum atomic E-state index is 0.487. The van der Waals surface area contributed by atoms with E-state index in [2.05, 4.69) is 15.1 Å². The number of nitrogen functional groups attached to an aromatic ring is 1. The van der Waals surface area contributed by atoms with E-state index in [1.807, 2.05) is 6.92 Å². The van der Waals surface area contributed by atoms with E-state index in [4.69, 9.17) is 5.73 Å². The molecule has 2 N–H and O–H groups in total. The molecule has 5 nitrogen and oxygen atoms in total. The van der Waals surface area contributed by atoms with Crippen molar-refractivity contribution in [3.05, 3.63) is 30.2 Å². The quantitative estimate of drug-likeness (QED) is 0.687. The Balaban J connectivity index is 2.49. The maximum absolute atomic E-state index is 5.63. The summed E-state index contributed by atoms with van der Waals surface area (Å²) in [4.78, 5) is 8.17. The van der Waals surface area contributed by atoms with E-state index >= 15 is 0 Å². The molecule has 0 spiro atoms. The van der Waals surface area contributed by atoms with Crippen molar-refractivity contribution in [1.29, 1.82) is 0 Å². The van der Waals surface area contributed by atoms with Crippen LogP contribution in [0.25, 0.3) is 5.95 Å². The van der Waals surface area contributed by atoms with Crippen molar-refractivity contribution < 1.29 is 0 Å². The normalized spacial score (nSPS) is 10.2. The molecule has 0 aromatic carbocycles. The zero-order chi connectivity index (χ0) is 9.26. The molecule has 0 saturated heterocycles. The molecule has 2 aromatic rings. The molecule has 0 aliphatic rings. The molecule has 0 fully saturated rings. The van der Waals surface area contributed by atoms with Crippen LogP contribution in [0.4, 0.5) is 5.82 Å². The van der Waals surface area contributed by atoms with Crippen molar-refractivity contribution in [1.82, 2.24) is 19.7 Å². The van der Waals surface area contributed by atoms with Crippen LogP contribution in [0.15, 0.2) is 24.7 Å². The average molecular weight is 175 g/mol. The molecule has 66 valence electrons. The summed E-state index contributed by atoms with van der Waals surface area (Å²) in [5.41, 5.74) is 6.51. The van der Waals surface area contributed by atoms with Crippen LogP contribution in [0.5, 0.6) is 0 Å². The lowest BCUT2D eigenvalue weighted by molar-refractivity contribution is 0.808. The van der Waals surface area contributed by atoms with Crippen molar-refractivity contribution in [3.63, 3.8) is 0 Å². The van der Waals surface area contributed by atoms with Gasteiger partial charge in [0.05, 0.1) is 0 Å². The zero-order valence-electron chi connectivity index (χ0n) is 7.18. The Bertz CT molecular complexity index is 406. The average Bonchev–Trinajstić information content (AvgIpc) is 2.62. The van der Waals surface area contributed by atoms with Crippen molar-refractivity contribution in [2.45, 2.75) is 6.92 Å². The molecule has 0 aliphatic heterocycles. The first-order valence-electron chi connectivity index (χ1n) is 3.86. The summed E-state index contributed by atoms with van der Waals surface area (Å²) in [6.07, 6.45) is 5.11. The monoisotopic (exact) mass is 175 g/mol. The fraction of sp³-hybridized carbons (Fsp3) is 0.125. The Hall–Kier alpha value is -1.91. The van der Waals surface area contributed by atoms with Crippen LogP contribution in [0.2, 0.25) is 0 Å². The molecule has 0 bridgehead atoms. The van der Waals surface area contributed by atoms with Gasteiger partial charge in [-0.05, 0) is 13.0 Å². The van der Waals surface area contributed by atoms with E-state index in [9.17, 15) is 0 Å². The molecule has 0 atom stereocenters. The smallest absolute Gasteiger partial charge is 0.252 e.